The predicted octanol–water partition coefficient (Wildman–Crippen LogP) is 3.72. The van der Waals surface area contributed by atoms with E-state index in [9.17, 15) is 4.79 Å². The summed E-state index contributed by atoms with van der Waals surface area (Å²) in [7, 11) is 1.47. The Kier molecular flexibility index (Phi) is 4.72. The van der Waals surface area contributed by atoms with Crippen LogP contribution in [0.15, 0.2) is 36.4 Å². The van der Waals surface area contributed by atoms with Crippen LogP contribution in [0, 0.1) is 11.3 Å². The molecule has 1 aliphatic rings. The van der Waals surface area contributed by atoms with E-state index < -0.39 is 5.54 Å². The second kappa shape index (κ2) is 6.72. The van der Waals surface area contributed by atoms with Crippen molar-refractivity contribution in [2.24, 2.45) is 0 Å². The molecule has 1 fully saturated rings. The third-order valence-electron chi connectivity index (χ3n) is 4.47. The fraction of sp³-hybridized carbons (Fsp3) is 0.211. The average Bonchev–Trinajstić information content (AvgIpc) is 2.81. The Hall–Kier alpha value is -2.82. The van der Waals surface area contributed by atoms with E-state index in [1.807, 2.05) is 0 Å². The smallest absolute Gasteiger partial charge is 0.259 e. The Balaban J connectivity index is 2.09. The Morgan fingerprint density at radius 3 is 2.48 bits per heavy atom. The molecule has 1 heterocycles. The van der Waals surface area contributed by atoms with Gasteiger partial charge in [0.1, 0.15) is 17.4 Å². The number of nitrogen functional groups attached to an aromatic ring is 1. The van der Waals surface area contributed by atoms with Gasteiger partial charge in [-0.2, -0.15) is 5.26 Å². The molecule has 1 aliphatic heterocycles. The quantitative estimate of drug-likeness (QED) is 0.624. The summed E-state index contributed by atoms with van der Waals surface area (Å²) < 4.78 is 5.25. The maximum absolute atomic E-state index is 13.2. The van der Waals surface area contributed by atoms with Crippen molar-refractivity contribution in [3.63, 3.8) is 0 Å². The van der Waals surface area contributed by atoms with Crippen LogP contribution in [-0.4, -0.2) is 23.7 Å². The molecule has 0 radical (unpaired) electrons. The lowest BCUT2D eigenvalue weighted by Gasteiger charge is -2.29. The molecule has 8 heteroatoms. The fourth-order valence-electron chi connectivity index (χ4n) is 3.04. The number of nitrogens with zero attached hydrogens (tertiary/aromatic N) is 3. The molecule has 0 bridgehead atoms. The van der Waals surface area contributed by atoms with Crippen LogP contribution in [0.4, 0.5) is 17.1 Å². The Morgan fingerprint density at radius 2 is 1.89 bits per heavy atom. The fourth-order valence-corrected chi connectivity index (χ4v) is 3.68. The minimum absolute atomic E-state index is 0.201. The van der Waals surface area contributed by atoms with E-state index in [2.05, 4.69) is 6.07 Å². The van der Waals surface area contributed by atoms with E-state index in [0.29, 0.717) is 38.5 Å². The SMILES string of the molecule is COc1cc(N2C(=O)C(C)(C)N(c3ccc(Cl)c(N)c3)C2=S)ccc1C#N. The molecule has 2 aromatic rings. The molecule has 0 unspecified atom stereocenters. The van der Waals surface area contributed by atoms with Crippen molar-refractivity contribution in [3.05, 3.63) is 47.0 Å². The number of anilines is 3. The van der Waals surface area contributed by atoms with Gasteiger partial charge in [-0.1, -0.05) is 11.6 Å². The number of ether oxygens (including phenoxy) is 1. The molecule has 2 N–H and O–H groups in total. The summed E-state index contributed by atoms with van der Waals surface area (Å²) in [5, 5.41) is 9.90. The van der Waals surface area contributed by atoms with Crippen molar-refractivity contribution < 1.29 is 9.53 Å². The molecule has 1 amide bonds. The second-order valence-electron chi connectivity index (χ2n) is 6.52. The van der Waals surface area contributed by atoms with Crippen molar-refractivity contribution in [2.45, 2.75) is 19.4 Å². The molecular weight excluding hydrogens is 384 g/mol. The van der Waals surface area contributed by atoms with Crippen molar-refractivity contribution in [3.8, 4) is 11.8 Å². The number of halogens is 1. The summed E-state index contributed by atoms with van der Waals surface area (Å²) in [5.74, 6) is 0.172. The largest absolute Gasteiger partial charge is 0.495 e. The Bertz CT molecular complexity index is 1000. The standard InChI is InChI=1S/C19H17ClN4O2S/c1-19(2)17(25)23(12-5-4-11(10-21)16(9-12)26-3)18(27)24(19)13-6-7-14(20)15(22)8-13/h4-9H,22H2,1-3H3. The summed E-state index contributed by atoms with van der Waals surface area (Å²) in [4.78, 5) is 16.3. The predicted molar refractivity (Wildman–Crippen MR) is 110 cm³/mol. The van der Waals surface area contributed by atoms with Crippen LogP contribution >= 0.6 is 23.8 Å². The maximum Gasteiger partial charge on any atom is 0.259 e. The number of methoxy groups -OCH3 is 1. The summed E-state index contributed by atoms with van der Waals surface area (Å²) in [5.41, 5.74) is 6.97. The first-order valence-corrected chi connectivity index (χ1v) is 8.83. The summed E-state index contributed by atoms with van der Waals surface area (Å²) >= 11 is 11.6. The lowest BCUT2D eigenvalue weighted by Crippen LogP contribution is -2.44. The molecule has 138 valence electrons. The minimum Gasteiger partial charge on any atom is -0.495 e. The number of benzene rings is 2. The van der Waals surface area contributed by atoms with E-state index in [1.54, 1.807) is 55.1 Å². The number of carbonyl (C=O) groups excluding carboxylic acids is 1. The Morgan fingerprint density at radius 1 is 1.22 bits per heavy atom. The van der Waals surface area contributed by atoms with Crippen LogP contribution in [0.1, 0.15) is 19.4 Å². The van der Waals surface area contributed by atoms with Gasteiger partial charge in [-0.05, 0) is 56.4 Å². The highest BCUT2D eigenvalue weighted by atomic mass is 35.5. The molecular formula is C19H17ClN4O2S. The second-order valence-corrected chi connectivity index (χ2v) is 7.29. The number of thiocarbonyl (C=S) groups is 1. The number of hydrogen-bond donors (Lipinski definition) is 1. The highest BCUT2D eigenvalue weighted by molar-refractivity contribution is 7.81. The van der Waals surface area contributed by atoms with Gasteiger partial charge in [0.15, 0.2) is 5.11 Å². The minimum atomic E-state index is -0.932. The number of nitriles is 1. The molecule has 6 nitrogen and oxygen atoms in total. The first-order chi connectivity index (χ1) is 12.7. The number of rotatable bonds is 3. The highest BCUT2D eigenvalue weighted by Crippen LogP contribution is 2.39. The van der Waals surface area contributed by atoms with Gasteiger partial charge in [-0.15, -0.1) is 0 Å². The van der Waals surface area contributed by atoms with E-state index in [0.717, 1.165) is 0 Å². The van der Waals surface area contributed by atoms with Crippen molar-refractivity contribution in [1.82, 2.24) is 0 Å². The van der Waals surface area contributed by atoms with E-state index in [4.69, 9.17) is 39.6 Å². The van der Waals surface area contributed by atoms with Gasteiger partial charge in [0.2, 0.25) is 0 Å². The van der Waals surface area contributed by atoms with E-state index >= 15 is 0 Å². The Labute approximate surface area is 167 Å². The average molecular weight is 401 g/mol. The van der Waals surface area contributed by atoms with Gasteiger partial charge >= 0.3 is 0 Å². The first-order valence-electron chi connectivity index (χ1n) is 8.04. The zero-order chi connectivity index (χ0) is 19.9. The number of carbonyl (C=O) groups is 1. The summed E-state index contributed by atoms with van der Waals surface area (Å²) in [6.07, 6.45) is 0. The molecule has 0 atom stereocenters. The molecule has 3 rings (SSSR count). The number of amides is 1. The van der Waals surface area contributed by atoms with Crippen LogP contribution in [0.5, 0.6) is 5.75 Å². The van der Waals surface area contributed by atoms with Gasteiger partial charge < -0.3 is 15.4 Å². The van der Waals surface area contributed by atoms with Crippen LogP contribution < -0.4 is 20.3 Å². The van der Waals surface area contributed by atoms with Gasteiger partial charge in [-0.3, -0.25) is 9.69 Å². The molecule has 0 aliphatic carbocycles. The lowest BCUT2D eigenvalue weighted by molar-refractivity contribution is -0.120. The van der Waals surface area contributed by atoms with Gasteiger partial charge in [-0.25, -0.2) is 0 Å². The maximum atomic E-state index is 13.2. The highest BCUT2D eigenvalue weighted by Gasteiger charge is 2.50. The number of hydrogen-bond acceptors (Lipinski definition) is 5. The molecule has 0 spiro atoms. The van der Waals surface area contributed by atoms with E-state index in [1.165, 1.54) is 12.0 Å². The zero-order valence-electron chi connectivity index (χ0n) is 15.0. The summed E-state index contributed by atoms with van der Waals surface area (Å²) in [6.45, 7) is 3.57. The topological polar surface area (TPSA) is 82.6 Å². The third-order valence-corrected chi connectivity index (χ3v) is 5.18. The molecule has 0 saturated carbocycles. The summed E-state index contributed by atoms with van der Waals surface area (Å²) in [6, 6.07) is 12.1. The van der Waals surface area contributed by atoms with Crippen molar-refractivity contribution >= 4 is 51.9 Å². The molecule has 27 heavy (non-hydrogen) atoms. The monoisotopic (exact) mass is 400 g/mol. The van der Waals surface area contributed by atoms with Crippen molar-refractivity contribution in [2.75, 3.05) is 22.6 Å². The van der Waals surface area contributed by atoms with Gasteiger partial charge in [0.25, 0.3) is 5.91 Å². The third kappa shape index (κ3) is 2.97. The number of nitrogens with two attached hydrogens (primary N) is 1. The van der Waals surface area contributed by atoms with E-state index in [-0.39, 0.29) is 5.91 Å². The molecule has 1 saturated heterocycles. The van der Waals surface area contributed by atoms with Crippen LogP contribution in [0.3, 0.4) is 0 Å². The first kappa shape index (κ1) is 19.0. The van der Waals surface area contributed by atoms with Gasteiger partial charge in [0.05, 0.1) is 29.1 Å². The lowest BCUT2D eigenvalue weighted by atomic mass is 10.0. The van der Waals surface area contributed by atoms with Crippen molar-refractivity contribution in [1.29, 1.82) is 5.26 Å². The van der Waals surface area contributed by atoms with Gasteiger partial charge in [0, 0.05) is 11.8 Å². The molecule has 2 aromatic carbocycles. The van der Waals surface area contributed by atoms with Crippen LogP contribution in [0.2, 0.25) is 5.02 Å². The zero-order valence-corrected chi connectivity index (χ0v) is 16.6. The van der Waals surface area contributed by atoms with Crippen LogP contribution in [-0.2, 0) is 4.79 Å². The molecule has 0 aromatic heterocycles. The normalized spacial score (nSPS) is 15.8. The van der Waals surface area contributed by atoms with Crippen LogP contribution in [0.25, 0.3) is 0 Å².